The summed E-state index contributed by atoms with van der Waals surface area (Å²) in [5, 5.41) is 0. The summed E-state index contributed by atoms with van der Waals surface area (Å²) < 4.78 is 31.6. The van der Waals surface area contributed by atoms with Gasteiger partial charge in [0.15, 0.2) is 0 Å². The van der Waals surface area contributed by atoms with E-state index in [2.05, 4.69) is 0 Å². The zero-order valence-electron chi connectivity index (χ0n) is 7.63. The second-order valence-corrected chi connectivity index (χ2v) is 4.14. The van der Waals surface area contributed by atoms with Crippen molar-refractivity contribution in [3.05, 3.63) is 0 Å². The molecule has 0 bridgehead atoms. The van der Waals surface area contributed by atoms with Crippen LogP contribution < -0.4 is 11.5 Å². The van der Waals surface area contributed by atoms with Crippen LogP contribution in [0.1, 0.15) is 32.1 Å². The molecular formula is C6H16N2O4PtS. The summed E-state index contributed by atoms with van der Waals surface area (Å²) >= 11 is 0. The van der Waals surface area contributed by atoms with Crippen LogP contribution in [0.3, 0.4) is 0 Å². The maximum Gasteiger partial charge on any atom is 0.394 e. The molecule has 0 aromatic carbocycles. The van der Waals surface area contributed by atoms with Crippen LogP contribution in [0.5, 0.6) is 0 Å². The Kier molecular flexibility index (Phi) is 8.29. The third kappa shape index (κ3) is 15.0. The summed E-state index contributed by atoms with van der Waals surface area (Å²) in [6, 6.07) is 0. The van der Waals surface area contributed by atoms with Gasteiger partial charge in [0.1, 0.15) is 0 Å². The first-order chi connectivity index (χ1) is 5.71. The zero-order chi connectivity index (χ0) is 10.5. The van der Waals surface area contributed by atoms with E-state index >= 15 is 0 Å². The van der Waals surface area contributed by atoms with Gasteiger partial charge < -0.3 is 11.5 Å². The molecule has 1 aliphatic carbocycles. The maximum atomic E-state index is 8.74. The van der Waals surface area contributed by atoms with E-state index in [1.165, 1.54) is 19.3 Å². The van der Waals surface area contributed by atoms with Crippen molar-refractivity contribution in [2.24, 2.45) is 11.5 Å². The zero-order valence-corrected chi connectivity index (χ0v) is 10.7. The molecule has 0 radical (unpaired) electrons. The monoisotopic (exact) mass is 407 g/mol. The van der Waals surface area contributed by atoms with E-state index in [1.807, 2.05) is 0 Å². The summed E-state index contributed by atoms with van der Waals surface area (Å²) in [5.41, 5.74) is 11.0. The first-order valence-electron chi connectivity index (χ1n) is 3.98. The van der Waals surface area contributed by atoms with Gasteiger partial charge in [-0.3, -0.25) is 9.11 Å². The molecule has 1 saturated carbocycles. The summed E-state index contributed by atoms with van der Waals surface area (Å²) in [6.07, 6.45) is 5.76. The average Bonchev–Trinajstić information content (AvgIpc) is 1.82. The minimum absolute atomic E-state index is 0. The molecule has 6 nitrogen and oxygen atoms in total. The van der Waals surface area contributed by atoms with E-state index in [0.29, 0.717) is 0 Å². The Morgan fingerprint density at radius 3 is 1.43 bits per heavy atom. The van der Waals surface area contributed by atoms with Crippen molar-refractivity contribution in [1.82, 2.24) is 0 Å². The summed E-state index contributed by atoms with van der Waals surface area (Å²) in [5.74, 6) is 0. The first kappa shape index (κ1) is 16.9. The van der Waals surface area contributed by atoms with Crippen LogP contribution in [-0.4, -0.2) is 23.2 Å². The van der Waals surface area contributed by atoms with Gasteiger partial charge in [-0.25, -0.2) is 0 Å². The largest absolute Gasteiger partial charge is 0.394 e. The normalized spacial score (nSPS) is 20.0. The molecule has 8 heteroatoms. The molecule has 0 aromatic rings. The van der Waals surface area contributed by atoms with Gasteiger partial charge in [0, 0.05) is 21.1 Å². The van der Waals surface area contributed by atoms with Gasteiger partial charge in [-0.1, -0.05) is 19.3 Å². The average molecular weight is 407 g/mol. The second kappa shape index (κ2) is 6.87. The Labute approximate surface area is 98.3 Å². The Morgan fingerprint density at radius 2 is 1.29 bits per heavy atom. The molecule has 0 heterocycles. The van der Waals surface area contributed by atoms with Crippen molar-refractivity contribution in [2.75, 3.05) is 0 Å². The molecule has 0 spiro atoms. The summed E-state index contributed by atoms with van der Waals surface area (Å²) in [7, 11) is -4.67. The van der Waals surface area contributed by atoms with Gasteiger partial charge in [0.2, 0.25) is 0 Å². The van der Waals surface area contributed by atoms with Gasteiger partial charge in [-0.2, -0.15) is 8.42 Å². The summed E-state index contributed by atoms with van der Waals surface area (Å²) in [4.78, 5) is 0. The predicted molar refractivity (Wildman–Crippen MR) is 48.4 cm³/mol. The van der Waals surface area contributed by atoms with E-state index in [-0.39, 0.29) is 26.7 Å². The molecule has 90 valence electrons. The molecule has 1 fully saturated rings. The number of hydrogen-bond acceptors (Lipinski definition) is 4. The summed E-state index contributed by atoms with van der Waals surface area (Å²) in [6.45, 7) is 0. The molecule has 6 N–H and O–H groups in total. The van der Waals surface area contributed by atoms with Crippen LogP contribution in [0.15, 0.2) is 0 Å². The fourth-order valence-corrected chi connectivity index (χ4v) is 1.21. The van der Waals surface area contributed by atoms with Crippen molar-refractivity contribution in [1.29, 1.82) is 0 Å². The molecule has 0 aromatic heterocycles. The topological polar surface area (TPSA) is 127 Å². The van der Waals surface area contributed by atoms with E-state index in [1.54, 1.807) is 0 Å². The SMILES string of the molecule is NC1(N)CCCCC1.O=S(=O)(O)O.[Pt]. The Balaban J connectivity index is 0. The van der Waals surface area contributed by atoms with Crippen LogP contribution in [0, 0.1) is 0 Å². The van der Waals surface area contributed by atoms with Crippen molar-refractivity contribution >= 4 is 10.4 Å². The van der Waals surface area contributed by atoms with Gasteiger partial charge in [0.05, 0.1) is 5.66 Å². The van der Waals surface area contributed by atoms with Crippen LogP contribution in [0.4, 0.5) is 0 Å². The first-order valence-corrected chi connectivity index (χ1v) is 5.38. The molecule has 1 rings (SSSR count). The fraction of sp³-hybridized carbons (Fsp3) is 1.00. The van der Waals surface area contributed by atoms with Crippen LogP contribution in [0.2, 0.25) is 0 Å². The van der Waals surface area contributed by atoms with Gasteiger partial charge in [0.25, 0.3) is 0 Å². The van der Waals surface area contributed by atoms with Gasteiger partial charge in [-0.15, -0.1) is 0 Å². The minimum atomic E-state index is -4.67. The number of rotatable bonds is 0. The Hall–Kier alpha value is 0.478. The quantitative estimate of drug-likeness (QED) is 0.328. The second-order valence-electron chi connectivity index (χ2n) is 3.24. The van der Waals surface area contributed by atoms with Gasteiger partial charge in [-0.05, 0) is 12.8 Å². The van der Waals surface area contributed by atoms with Crippen LogP contribution in [-0.2, 0) is 31.5 Å². The molecule has 0 unspecified atom stereocenters. The van der Waals surface area contributed by atoms with Gasteiger partial charge >= 0.3 is 10.4 Å². The molecule has 0 saturated heterocycles. The smallest absolute Gasteiger partial charge is 0.313 e. The van der Waals surface area contributed by atoms with E-state index < -0.39 is 10.4 Å². The van der Waals surface area contributed by atoms with Crippen molar-refractivity contribution in [3.8, 4) is 0 Å². The van der Waals surface area contributed by atoms with Crippen molar-refractivity contribution in [3.63, 3.8) is 0 Å². The van der Waals surface area contributed by atoms with Crippen LogP contribution in [0.25, 0.3) is 0 Å². The number of nitrogens with two attached hydrogens (primary N) is 2. The minimum Gasteiger partial charge on any atom is -0.313 e. The molecular weight excluding hydrogens is 391 g/mol. The Morgan fingerprint density at radius 1 is 1.00 bits per heavy atom. The molecule has 0 atom stereocenters. The standard InChI is InChI=1S/C6H14N2.H2O4S.Pt/c7-6(8)4-2-1-3-5-6;1-5(2,3)4;/h1-5,7-8H2;(H2,1,2,3,4);. The molecule has 14 heavy (non-hydrogen) atoms. The molecule has 1 aliphatic rings. The fourth-order valence-electron chi connectivity index (χ4n) is 1.21. The maximum absolute atomic E-state index is 8.74. The molecule has 0 amide bonds. The Bertz CT molecular complexity index is 226. The number of hydrogen-bond donors (Lipinski definition) is 4. The van der Waals surface area contributed by atoms with Crippen LogP contribution >= 0.6 is 0 Å². The van der Waals surface area contributed by atoms with E-state index in [4.69, 9.17) is 29.0 Å². The van der Waals surface area contributed by atoms with E-state index in [9.17, 15) is 0 Å². The van der Waals surface area contributed by atoms with Crippen molar-refractivity contribution in [2.45, 2.75) is 37.8 Å². The third-order valence-corrected chi connectivity index (χ3v) is 1.78. The predicted octanol–water partition coefficient (Wildman–Crippen LogP) is -0.0911. The third-order valence-electron chi connectivity index (χ3n) is 1.78. The van der Waals surface area contributed by atoms with E-state index in [0.717, 1.165) is 12.8 Å². The molecule has 0 aliphatic heterocycles. The van der Waals surface area contributed by atoms with Crippen molar-refractivity contribution < 1.29 is 38.6 Å².